The maximum absolute atomic E-state index is 13.2. The minimum Gasteiger partial charge on any atom is -0.472 e. The number of rotatable bonds is 4. The summed E-state index contributed by atoms with van der Waals surface area (Å²) in [5, 5.41) is 0. The van der Waals surface area contributed by atoms with Crippen LogP contribution in [0.25, 0.3) is 0 Å². The Morgan fingerprint density at radius 3 is 2.62 bits per heavy atom. The van der Waals surface area contributed by atoms with Crippen LogP contribution in [0.3, 0.4) is 0 Å². The summed E-state index contributed by atoms with van der Waals surface area (Å²) in [6.07, 6.45) is 7.83. The molecule has 29 heavy (non-hydrogen) atoms. The number of carbonyl (C=O) groups is 1. The molecular formula is C22H25FN4O2. The third-order valence-corrected chi connectivity index (χ3v) is 6.10. The van der Waals surface area contributed by atoms with Crippen LogP contribution in [0.4, 0.5) is 4.39 Å². The molecule has 0 unspecified atom stereocenters. The van der Waals surface area contributed by atoms with E-state index in [9.17, 15) is 9.18 Å². The van der Waals surface area contributed by atoms with Gasteiger partial charge in [-0.05, 0) is 43.5 Å². The molecule has 0 N–H and O–H groups in total. The molecule has 1 amide bonds. The standard InChI is InChI=1S/C22H25FN4O2/c23-17-6-4-16(5-7-17)22(28)27-9-1-8-26-14-19(10-18(26)13-27)29-21-12-24-20(11-25-21)15-2-3-15/h4-7,11-12,15,18-19H,1-3,8-10,13-14H2/t18-,19-/m1/s1. The lowest BCUT2D eigenvalue weighted by molar-refractivity contribution is 0.0742. The summed E-state index contributed by atoms with van der Waals surface area (Å²) in [7, 11) is 0. The Morgan fingerprint density at radius 2 is 1.90 bits per heavy atom. The van der Waals surface area contributed by atoms with E-state index in [1.54, 1.807) is 18.3 Å². The lowest BCUT2D eigenvalue weighted by atomic mass is 10.1. The van der Waals surface area contributed by atoms with Crippen molar-refractivity contribution >= 4 is 5.91 Å². The van der Waals surface area contributed by atoms with Crippen LogP contribution in [-0.4, -0.2) is 64.0 Å². The number of nitrogens with zero attached hydrogens (tertiary/aromatic N) is 4. The van der Waals surface area contributed by atoms with Crippen molar-refractivity contribution in [3.05, 3.63) is 53.7 Å². The number of hydrogen-bond acceptors (Lipinski definition) is 5. The highest BCUT2D eigenvalue weighted by atomic mass is 19.1. The molecule has 1 saturated carbocycles. The average Bonchev–Trinajstić information content (AvgIpc) is 3.54. The Bertz CT molecular complexity index is 869. The van der Waals surface area contributed by atoms with Gasteiger partial charge in [0.15, 0.2) is 0 Å². The highest BCUT2D eigenvalue weighted by Crippen LogP contribution is 2.38. The maximum Gasteiger partial charge on any atom is 0.253 e. The first-order valence-corrected chi connectivity index (χ1v) is 10.4. The monoisotopic (exact) mass is 396 g/mol. The maximum atomic E-state index is 13.2. The van der Waals surface area contributed by atoms with Crippen molar-refractivity contribution in [2.24, 2.45) is 0 Å². The van der Waals surface area contributed by atoms with Crippen molar-refractivity contribution in [2.75, 3.05) is 26.2 Å². The molecule has 2 aromatic rings. The molecule has 0 spiro atoms. The van der Waals surface area contributed by atoms with Crippen molar-refractivity contribution in [3.63, 3.8) is 0 Å². The van der Waals surface area contributed by atoms with Gasteiger partial charge in [-0.15, -0.1) is 0 Å². The minimum atomic E-state index is -0.326. The normalized spacial score (nSPS) is 24.8. The second-order valence-electron chi connectivity index (χ2n) is 8.29. The van der Waals surface area contributed by atoms with Gasteiger partial charge in [-0.2, -0.15) is 0 Å². The molecule has 7 heteroatoms. The van der Waals surface area contributed by atoms with Crippen LogP contribution in [0.5, 0.6) is 5.88 Å². The van der Waals surface area contributed by atoms with Gasteiger partial charge in [0.1, 0.15) is 11.9 Å². The van der Waals surface area contributed by atoms with E-state index in [-0.39, 0.29) is 23.9 Å². The van der Waals surface area contributed by atoms with Gasteiger partial charge in [0, 0.05) is 50.1 Å². The van der Waals surface area contributed by atoms with Gasteiger partial charge in [-0.1, -0.05) is 0 Å². The van der Waals surface area contributed by atoms with E-state index in [1.165, 1.54) is 25.0 Å². The first-order valence-electron chi connectivity index (χ1n) is 10.4. The summed E-state index contributed by atoms with van der Waals surface area (Å²) < 4.78 is 19.3. The van der Waals surface area contributed by atoms with Gasteiger partial charge in [0.05, 0.1) is 18.1 Å². The summed E-state index contributed by atoms with van der Waals surface area (Å²) in [5.74, 6) is 0.812. The number of fused-ring (bicyclic) bond motifs is 1. The third-order valence-electron chi connectivity index (χ3n) is 6.10. The minimum absolute atomic E-state index is 0.0299. The van der Waals surface area contributed by atoms with E-state index in [0.717, 1.165) is 38.2 Å². The van der Waals surface area contributed by atoms with E-state index in [2.05, 4.69) is 14.9 Å². The fraction of sp³-hybridized carbons (Fsp3) is 0.500. The zero-order chi connectivity index (χ0) is 19.8. The molecular weight excluding hydrogens is 371 g/mol. The lowest BCUT2D eigenvalue weighted by Crippen LogP contribution is -2.39. The van der Waals surface area contributed by atoms with Crippen LogP contribution in [-0.2, 0) is 0 Å². The zero-order valence-electron chi connectivity index (χ0n) is 16.3. The number of aromatic nitrogens is 2. The number of amides is 1. The molecule has 2 atom stereocenters. The molecule has 3 heterocycles. The quantitative estimate of drug-likeness (QED) is 0.795. The van der Waals surface area contributed by atoms with Gasteiger partial charge in [-0.25, -0.2) is 9.37 Å². The van der Waals surface area contributed by atoms with Crippen LogP contribution in [0.2, 0.25) is 0 Å². The molecule has 1 aliphatic carbocycles. The SMILES string of the molecule is O=C(c1ccc(F)cc1)N1CCCN2C[C@H](Oc3cnc(C4CC4)cn3)C[C@@H]2C1. The molecule has 1 aromatic heterocycles. The Morgan fingerprint density at radius 1 is 1.07 bits per heavy atom. The van der Waals surface area contributed by atoms with E-state index in [1.807, 2.05) is 11.1 Å². The highest BCUT2D eigenvalue weighted by molar-refractivity contribution is 5.94. The molecule has 2 saturated heterocycles. The van der Waals surface area contributed by atoms with E-state index < -0.39 is 0 Å². The van der Waals surface area contributed by atoms with Crippen molar-refractivity contribution in [1.82, 2.24) is 19.8 Å². The fourth-order valence-corrected chi connectivity index (χ4v) is 4.40. The smallest absolute Gasteiger partial charge is 0.253 e. The second kappa shape index (κ2) is 7.71. The summed E-state index contributed by atoms with van der Waals surface area (Å²) in [4.78, 5) is 26.1. The number of halogens is 1. The lowest BCUT2D eigenvalue weighted by Gasteiger charge is -2.25. The topological polar surface area (TPSA) is 58.6 Å². The molecule has 2 aliphatic heterocycles. The number of carbonyl (C=O) groups excluding carboxylic acids is 1. The third kappa shape index (κ3) is 4.10. The summed E-state index contributed by atoms with van der Waals surface area (Å²) in [6.45, 7) is 3.19. The fourth-order valence-electron chi connectivity index (χ4n) is 4.40. The Kier molecular flexibility index (Phi) is 4.91. The molecule has 0 bridgehead atoms. The van der Waals surface area contributed by atoms with Crippen LogP contribution >= 0.6 is 0 Å². The van der Waals surface area contributed by atoms with Crippen LogP contribution in [0, 0.1) is 5.82 Å². The average molecular weight is 396 g/mol. The largest absolute Gasteiger partial charge is 0.472 e. The van der Waals surface area contributed by atoms with Crippen LogP contribution in [0.1, 0.15) is 47.7 Å². The predicted molar refractivity (Wildman–Crippen MR) is 105 cm³/mol. The molecule has 152 valence electrons. The van der Waals surface area contributed by atoms with E-state index >= 15 is 0 Å². The summed E-state index contributed by atoms with van der Waals surface area (Å²) in [5.41, 5.74) is 1.60. The number of ether oxygens (including phenoxy) is 1. The Labute approximate surface area is 169 Å². The first-order chi connectivity index (χ1) is 14.2. The zero-order valence-corrected chi connectivity index (χ0v) is 16.3. The number of benzene rings is 1. The highest BCUT2D eigenvalue weighted by Gasteiger charge is 2.37. The van der Waals surface area contributed by atoms with Gasteiger partial charge < -0.3 is 9.64 Å². The molecule has 6 nitrogen and oxygen atoms in total. The van der Waals surface area contributed by atoms with Crippen LogP contribution < -0.4 is 4.74 Å². The molecule has 0 radical (unpaired) electrons. The predicted octanol–water partition coefficient (Wildman–Crippen LogP) is 2.86. The second-order valence-corrected chi connectivity index (χ2v) is 8.29. The van der Waals surface area contributed by atoms with Crippen molar-refractivity contribution < 1.29 is 13.9 Å². The van der Waals surface area contributed by atoms with Crippen molar-refractivity contribution in [1.29, 1.82) is 0 Å². The van der Waals surface area contributed by atoms with Crippen LogP contribution in [0.15, 0.2) is 36.7 Å². The summed E-state index contributed by atoms with van der Waals surface area (Å²) >= 11 is 0. The Balaban J connectivity index is 1.21. The van der Waals surface area contributed by atoms with Crippen molar-refractivity contribution in [2.45, 2.75) is 43.7 Å². The molecule has 5 rings (SSSR count). The van der Waals surface area contributed by atoms with Gasteiger partial charge in [0.25, 0.3) is 5.91 Å². The van der Waals surface area contributed by atoms with Gasteiger partial charge in [-0.3, -0.25) is 14.7 Å². The van der Waals surface area contributed by atoms with Gasteiger partial charge in [0.2, 0.25) is 5.88 Å². The van der Waals surface area contributed by atoms with E-state index in [4.69, 9.17) is 4.74 Å². The molecule has 3 aliphatic rings. The van der Waals surface area contributed by atoms with Crippen molar-refractivity contribution in [3.8, 4) is 5.88 Å². The first kappa shape index (κ1) is 18.5. The Hall–Kier alpha value is -2.54. The number of hydrogen-bond donors (Lipinski definition) is 0. The van der Waals surface area contributed by atoms with E-state index in [0.29, 0.717) is 23.9 Å². The summed E-state index contributed by atoms with van der Waals surface area (Å²) in [6, 6.07) is 6.07. The van der Waals surface area contributed by atoms with Gasteiger partial charge >= 0.3 is 0 Å². The molecule has 1 aromatic carbocycles. The molecule has 3 fully saturated rings.